The molecule has 0 aliphatic carbocycles. The highest BCUT2D eigenvalue weighted by Gasteiger charge is 2.39. The van der Waals surface area contributed by atoms with E-state index in [-0.39, 0.29) is 22.6 Å². The number of rotatable bonds is 4. The van der Waals surface area contributed by atoms with Crippen molar-refractivity contribution in [2.75, 3.05) is 6.26 Å². The maximum absolute atomic E-state index is 12.7. The van der Waals surface area contributed by atoms with E-state index in [1.807, 2.05) is 13.8 Å². The molecule has 0 N–H and O–H groups in total. The number of thioether (sulfide) groups is 1. The number of benzene rings is 1. The SMILES string of the molecule is CSc1nc(C(C)C)nc(C)c1C(=O)ON1C(=O)c2ccccc2C1=O. The smallest absolute Gasteiger partial charge is 0.324 e. The van der Waals surface area contributed by atoms with Gasteiger partial charge in [0.05, 0.1) is 16.8 Å². The second kappa shape index (κ2) is 6.87. The summed E-state index contributed by atoms with van der Waals surface area (Å²) in [6, 6.07) is 6.32. The van der Waals surface area contributed by atoms with Gasteiger partial charge in [0.1, 0.15) is 16.4 Å². The Hall–Kier alpha value is -2.74. The second-order valence-electron chi connectivity index (χ2n) is 6.04. The van der Waals surface area contributed by atoms with Crippen molar-refractivity contribution in [2.24, 2.45) is 0 Å². The number of carbonyl (C=O) groups is 3. The lowest BCUT2D eigenvalue weighted by molar-refractivity contribution is -0.0588. The monoisotopic (exact) mass is 371 g/mol. The molecule has 1 aliphatic heterocycles. The first-order chi connectivity index (χ1) is 12.3. The summed E-state index contributed by atoms with van der Waals surface area (Å²) in [7, 11) is 0. The van der Waals surface area contributed by atoms with Gasteiger partial charge in [-0.15, -0.1) is 11.8 Å². The van der Waals surface area contributed by atoms with Crippen LogP contribution < -0.4 is 0 Å². The molecular formula is C18H17N3O4S. The van der Waals surface area contributed by atoms with Gasteiger partial charge < -0.3 is 4.84 Å². The minimum Gasteiger partial charge on any atom is -0.324 e. The lowest BCUT2D eigenvalue weighted by atomic mass is 10.1. The predicted molar refractivity (Wildman–Crippen MR) is 95.0 cm³/mol. The zero-order valence-corrected chi connectivity index (χ0v) is 15.6. The van der Waals surface area contributed by atoms with Gasteiger partial charge in [0.2, 0.25) is 0 Å². The summed E-state index contributed by atoms with van der Waals surface area (Å²) in [4.78, 5) is 51.2. The fourth-order valence-corrected chi connectivity index (χ4v) is 3.21. The average Bonchev–Trinajstić information content (AvgIpc) is 2.86. The molecule has 8 heteroatoms. The summed E-state index contributed by atoms with van der Waals surface area (Å²) >= 11 is 1.28. The largest absolute Gasteiger partial charge is 0.368 e. The third-order valence-corrected chi connectivity index (χ3v) is 4.60. The van der Waals surface area contributed by atoms with Gasteiger partial charge in [-0.2, -0.15) is 0 Å². The van der Waals surface area contributed by atoms with Crippen LogP contribution in [0.5, 0.6) is 0 Å². The molecule has 0 fully saturated rings. The molecule has 1 aromatic heterocycles. The van der Waals surface area contributed by atoms with Crippen LogP contribution in [-0.2, 0) is 4.84 Å². The van der Waals surface area contributed by atoms with E-state index in [4.69, 9.17) is 4.84 Å². The van der Waals surface area contributed by atoms with Crippen LogP contribution in [0.15, 0.2) is 29.3 Å². The van der Waals surface area contributed by atoms with Crippen LogP contribution in [0.1, 0.15) is 62.4 Å². The standard InChI is InChI=1S/C18H17N3O4S/c1-9(2)14-19-10(3)13(15(20-14)26-4)18(24)25-21-16(22)11-7-5-6-8-12(11)17(21)23/h5-9H,1-4H3. The number of hydrogen-bond donors (Lipinski definition) is 0. The zero-order chi connectivity index (χ0) is 19.0. The zero-order valence-electron chi connectivity index (χ0n) is 14.8. The van der Waals surface area contributed by atoms with Crippen molar-refractivity contribution in [1.82, 2.24) is 15.0 Å². The van der Waals surface area contributed by atoms with Gasteiger partial charge in [-0.25, -0.2) is 14.8 Å². The number of nitrogens with zero attached hydrogens (tertiary/aromatic N) is 3. The fraction of sp³-hybridized carbons (Fsp3) is 0.278. The van der Waals surface area contributed by atoms with E-state index < -0.39 is 17.8 Å². The minimum absolute atomic E-state index is 0.0981. The Labute approximate surface area is 154 Å². The van der Waals surface area contributed by atoms with Crippen molar-refractivity contribution in [2.45, 2.75) is 31.7 Å². The molecule has 0 saturated heterocycles. The normalized spacial score (nSPS) is 13.3. The number of aryl methyl sites for hydroxylation is 1. The van der Waals surface area contributed by atoms with Crippen molar-refractivity contribution < 1.29 is 19.2 Å². The summed E-state index contributed by atoms with van der Waals surface area (Å²) in [5.41, 5.74) is 1.00. The fourth-order valence-electron chi connectivity index (χ4n) is 2.59. The molecule has 0 bridgehead atoms. The lowest BCUT2D eigenvalue weighted by Gasteiger charge is -2.16. The Kier molecular flexibility index (Phi) is 4.78. The van der Waals surface area contributed by atoms with Gasteiger partial charge >= 0.3 is 5.97 Å². The van der Waals surface area contributed by atoms with Crippen molar-refractivity contribution in [3.05, 3.63) is 52.5 Å². The van der Waals surface area contributed by atoms with Gasteiger partial charge in [-0.1, -0.05) is 31.0 Å². The Bertz CT molecular complexity index is 892. The summed E-state index contributed by atoms with van der Waals surface area (Å²) in [5.74, 6) is -1.45. The van der Waals surface area contributed by atoms with E-state index in [1.54, 1.807) is 25.3 Å². The molecule has 1 aliphatic rings. The molecule has 0 unspecified atom stereocenters. The first-order valence-electron chi connectivity index (χ1n) is 7.97. The molecule has 2 amide bonds. The summed E-state index contributed by atoms with van der Waals surface area (Å²) in [5, 5.41) is 0.940. The highest BCUT2D eigenvalue weighted by atomic mass is 32.2. The van der Waals surface area contributed by atoms with Crippen molar-refractivity contribution in [3.63, 3.8) is 0 Å². The van der Waals surface area contributed by atoms with E-state index in [2.05, 4.69) is 9.97 Å². The minimum atomic E-state index is -0.836. The Morgan fingerprint density at radius 3 is 2.19 bits per heavy atom. The molecule has 3 rings (SSSR count). The maximum atomic E-state index is 12.7. The van der Waals surface area contributed by atoms with E-state index in [9.17, 15) is 14.4 Å². The number of hydrogen-bond acceptors (Lipinski definition) is 7. The third kappa shape index (κ3) is 2.96. The van der Waals surface area contributed by atoms with Gasteiger partial charge in [0.25, 0.3) is 11.8 Å². The van der Waals surface area contributed by atoms with Crippen molar-refractivity contribution in [3.8, 4) is 0 Å². The number of carbonyl (C=O) groups excluding carboxylic acids is 3. The number of amides is 2. The van der Waals surface area contributed by atoms with Gasteiger partial charge in [0, 0.05) is 5.92 Å². The molecule has 0 radical (unpaired) electrons. The first kappa shape index (κ1) is 18.1. The van der Waals surface area contributed by atoms with Gasteiger partial charge in [-0.3, -0.25) is 9.59 Å². The topological polar surface area (TPSA) is 89.5 Å². The van der Waals surface area contributed by atoms with E-state index >= 15 is 0 Å². The molecular weight excluding hydrogens is 354 g/mol. The van der Waals surface area contributed by atoms with E-state index in [0.717, 1.165) is 0 Å². The lowest BCUT2D eigenvalue weighted by Crippen LogP contribution is -2.33. The first-order valence-corrected chi connectivity index (χ1v) is 9.20. The molecule has 7 nitrogen and oxygen atoms in total. The highest BCUT2D eigenvalue weighted by molar-refractivity contribution is 7.98. The van der Waals surface area contributed by atoms with Crippen LogP contribution in [0.25, 0.3) is 0 Å². The maximum Gasteiger partial charge on any atom is 0.368 e. The molecule has 2 aromatic rings. The molecule has 0 saturated carbocycles. The second-order valence-corrected chi connectivity index (χ2v) is 6.83. The number of hydroxylamine groups is 2. The predicted octanol–water partition coefficient (Wildman–Crippen LogP) is 3.00. The van der Waals surface area contributed by atoms with Gasteiger partial charge in [0.15, 0.2) is 0 Å². The van der Waals surface area contributed by atoms with Crippen molar-refractivity contribution >= 4 is 29.5 Å². The van der Waals surface area contributed by atoms with E-state index in [0.29, 0.717) is 21.6 Å². The van der Waals surface area contributed by atoms with Crippen LogP contribution in [0, 0.1) is 6.92 Å². The Morgan fingerprint density at radius 2 is 1.69 bits per heavy atom. The third-order valence-electron chi connectivity index (χ3n) is 3.92. The van der Waals surface area contributed by atoms with Gasteiger partial charge in [-0.05, 0) is 25.3 Å². The molecule has 2 heterocycles. The van der Waals surface area contributed by atoms with Crippen molar-refractivity contribution in [1.29, 1.82) is 0 Å². The number of fused-ring (bicyclic) bond motifs is 1. The average molecular weight is 371 g/mol. The summed E-state index contributed by atoms with van der Waals surface area (Å²) in [6.07, 6.45) is 1.78. The van der Waals surface area contributed by atoms with Crippen LogP contribution in [0.4, 0.5) is 0 Å². The molecule has 0 spiro atoms. The Morgan fingerprint density at radius 1 is 1.12 bits per heavy atom. The summed E-state index contributed by atoms with van der Waals surface area (Å²) < 4.78 is 0. The summed E-state index contributed by atoms with van der Waals surface area (Å²) in [6.45, 7) is 5.58. The molecule has 1 aromatic carbocycles. The quantitative estimate of drug-likeness (QED) is 0.464. The Balaban J connectivity index is 1.92. The van der Waals surface area contributed by atoms with Crippen LogP contribution in [0.3, 0.4) is 0 Å². The van der Waals surface area contributed by atoms with Crippen LogP contribution in [0.2, 0.25) is 0 Å². The van der Waals surface area contributed by atoms with Crippen LogP contribution >= 0.6 is 11.8 Å². The number of imide groups is 1. The van der Waals surface area contributed by atoms with Crippen LogP contribution in [-0.4, -0.2) is 39.1 Å². The molecule has 0 atom stereocenters. The highest BCUT2D eigenvalue weighted by Crippen LogP contribution is 2.27. The molecule has 26 heavy (non-hydrogen) atoms. The number of aromatic nitrogens is 2. The van der Waals surface area contributed by atoms with E-state index in [1.165, 1.54) is 23.9 Å². The molecule has 134 valence electrons.